The van der Waals surface area contributed by atoms with Crippen LogP contribution >= 0.6 is 0 Å². The lowest BCUT2D eigenvalue weighted by Crippen LogP contribution is -2.31. The number of unbranched alkanes of at least 4 members (excludes halogenated alkanes) is 2. The summed E-state index contributed by atoms with van der Waals surface area (Å²) in [6.07, 6.45) is 6.16. The Morgan fingerprint density at radius 1 is 1.00 bits per heavy atom. The molecule has 0 saturated heterocycles. The van der Waals surface area contributed by atoms with Crippen molar-refractivity contribution < 1.29 is 27.9 Å². The molecule has 2 aromatic rings. The molecule has 0 bridgehead atoms. The number of rotatable bonds is 14. The van der Waals surface area contributed by atoms with Crippen molar-refractivity contribution in [2.24, 2.45) is 5.92 Å². The molecule has 0 aliphatic rings. The van der Waals surface area contributed by atoms with Gasteiger partial charge in [0, 0.05) is 18.7 Å². The van der Waals surface area contributed by atoms with Gasteiger partial charge >= 0.3 is 5.97 Å². The van der Waals surface area contributed by atoms with Gasteiger partial charge in [0.15, 0.2) is 5.69 Å². The van der Waals surface area contributed by atoms with Gasteiger partial charge in [0.2, 0.25) is 5.91 Å². The number of benzene rings is 1. The molecule has 36 heavy (non-hydrogen) atoms. The summed E-state index contributed by atoms with van der Waals surface area (Å²) in [6, 6.07) is 7.45. The lowest BCUT2D eigenvalue weighted by atomic mass is 10.0. The lowest BCUT2D eigenvalue weighted by Gasteiger charge is -2.13. The van der Waals surface area contributed by atoms with E-state index in [2.05, 4.69) is 10.3 Å². The largest absolute Gasteiger partial charge is 0.477 e. The highest BCUT2D eigenvalue weighted by atomic mass is 32.2. The molecule has 10 heteroatoms. The van der Waals surface area contributed by atoms with Gasteiger partial charge in [-0.3, -0.25) is 9.59 Å². The number of carbonyl (C=O) groups is 3. The van der Waals surface area contributed by atoms with Gasteiger partial charge in [-0.15, -0.1) is 0 Å². The first-order chi connectivity index (χ1) is 17.1. The van der Waals surface area contributed by atoms with Gasteiger partial charge in [-0.2, -0.15) is 0 Å². The smallest absolute Gasteiger partial charge is 0.354 e. The maximum Gasteiger partial charge on any atom is 0.354 e. The Bertz CT molecular complexity index is 1160. The molecule has 3 N–H and O–H groups in total. The van der Waals surface area contributed by atoms with E-state index in [0.29, 0.717) is 24.9 Å². The molecule has 196 valence electrons. The first kappa shape index (κ1) is 29.0. The van der Waals surface area contributed by atoms with Crippen LogP contribution in [0.4, 0.5) is 0 Å². The first-order valence-electron chi connectivity index (χ1n) is 12.3. The third-order valence-electron chi connectivity index (χ3n) is 6.01. The number of aromatic carboxylic acids is 1. The van der Waals surface area contributed by atoms with Gasteiger partial charge in [-0.25, -0.2) is 22.9 Å². The van der Waals surface area contributed by atoms with Crippen LogP contribution in [-0.2, 0) is 27.7 Å². The normalized spacial score (nSPS) is 11.3. The van der Waals surface area contributed by atoms with Crippen molar-refractivity contribution in [2.45, 2.75) is 70.6 Å². The molecule has 0 aliphatic carbocycles. The van der Waals surface area contributed by atoms with Gasteiger partial charge in [0.1, 0.15) is 0 Å². The van der Waals surface area contributed by atoms with E-state index in [1.807, 2.05) is 25.5 Å². The zero-order valence-electron chi connectivity index (χ0n) is 21.0. The zero-order chi connectivity index (χ0) is 26.7. The van der Waals surface area contributed by atoms with Crippen molar-refractivity contribution in [1.29, 1.82) is 0 Å². The summed E-state index contributed by atoms with van der Waals surface area (Å²) < 4.78 is 27.5. The van der Waals surface area contributed by atoms with Crippen molar-refractivity contribution in [2.75, 3.05) is 6.54 Å². The molecule has 1 aromatic carbocycles. The summed E-state index contributed by atoms with van der Waals surface area (Å²) in [5.41, 5.74) is 1.06. The maximum atomic E-state index is 12.7. The highest BCUT2D eigenvalue weighted by Crippen LogP contribution is 2.16. The quantitative estimate of drug-likeness (QED) is 0.324. The van der Waals surface area contributed by atoms with E-state index in [-0.39, 0.29) is 28.0 Å². The first-order valence-corrected chi connectivity index (χ1v) is 13.8. The van der Waals surface area contributed by atoms with Gasteiger partial charge < -0.3 is 10.4 Å². The van der Waals surface area contributed by atoms with Crippen molar-refractivity contribution >= 4 is 27.8 Å². The molecule has 0 unspecified atom stereocenters. The molecular formula is C26H35N3O6S. The van der Waals surface area contributed by atoms with Gasteiger partial charge in [-0.05, 0) is 61.4 Å². The topological polar surface area (TPSA) is 143 Å². The summed E-state index contributed by atoms with van der Waals surface area (Å²) in [5.74, 6) is -2.08. The van der Waals surface area contributed by atoms with Crippen LogP contribution in [-0.4, -0.2) is 42.8 Å². The van der Waals surface area contributed by atoms with Crippen molar-refractivity contribution in [3.63, 3.8) is 0 Å². The molecule has 2 rings (SSSR count). The molecule has 9 nitrogen and oxygen atoms in total. The zero-order valence-corrected chi connectivity index (χ0v) is 21.9. The Morgan fingerprint density at radius 2 is 1.67 bits per heavy atom. The van der Waals surface area contributed by atoms with Crippen LogP contribution in [0.1, 0.15) is 84.8 Å². The maximum absolute atomic E-state index is 12.7. The number of carbonyl (C=O) groups excluding carboxylic acids is 2. The molecular weight excluding hydrogens is 482 g/mol. The van der Waals surface area contributed by atoms with E-state index in [9.17, 15) is 27.9 Å². The minimum absolute atomic E-state index is 0.0101. The average Bonchev–Trinajstić information content (AvgIpc) is 2.85. The molecule has 1 heterocycles. The number of hydrogen-bond acceptors (Lipinski definition) is 6. The number of nitrogens with one attached hydrogen (secondary N) is 2. The molecule has 2 amide bonds. The SMILES string of the molecule is CCCCCc1cc(C(=O)NS(=O)(=O)c2ccc(CCNC(=O)C(CC)CC)cc2)cnc1C(=O)O. The number of hydrogen-bond donors (Lipinski definition) is 3. The number of sulfonamides is 1. The second kappa shape index (κ2) is 13.7. The van der Waals surface area contributed by atoms with Crippen LogP contribution in [0.2, 0.25) is 0 Å². The number of carboxylic acids is 1. The Morgan fingerprint density at radius 3 is 2.25 bits per heavy atom. The average molecular weight is 518 g/mol. The molecule has 0 saturated carbocycles. The lowest BCUT2D eigenvalue weighted by molar-refractivity contribution is -0.125. The summed E-state index contributed by atoms with van der Waals surface area (Å²) in [4.78, 5) is 40.0. The Kier molecular flexibility index (Phi) is 11.0. The Labute approximate surface area is 212 Å². The summed E-state index contributed by atoms with van der Waals surface area (Å²) in [7, 11) is -4.15. The van der Waals surface area contributed by atoms with Gasteiger partial charge in [0.25, 0.3) is 15.9 Å². The highest BCUT2D eigenvalue weighted by Gasteiger charge is 2.21. The van der Waals surface area contributed by atoms with Crippen molar-refractivity contribution in [3.8, 4) is 0 Å². The molecule has 0 fully saturated rings. The fraction of sp³-hybridized carbons (Fsp3) is 0.462. The Hall–Kier alpha value is -3.27. The number of aromatic nitrogens is 1. The van der Waals surface area contributed by atoms with Gasteiger partial charge in [0.05, 0.1) is 10.5 Å². The van der Waals surface area contributed by atoms with E-state index in [1.165, 1.54) is 18.2 Å². The summed E-state index contributed by atoms with van der Waals surface area (Å²) in [5, 5.41) is 12.3. The van der Waals surface area contributed by atoms with Crippen molar-refractivity contribution in [1.82, 2.24) is 15.0 Å². The second-order valence-corrected chi connectivity index (χ2v) is 10.3. The predicted molar refractivity (Wildman–Crippen MR) is 136 cm³/mol. The van der Waals surface area contributed by atoms with E-state index in [1.54, 1.807) is 12.1 Å². The monoisotopic (exact) mass is 517 g/mol. The van der Waals surface area contributed by atoms with Crippen LogP contribution in [0.3, 0.4) is 0 Å². The molecule has 0 aliphatic heterocycles. The number of aryl methyl sites for hydroxylation is 1. The van der Waals surface area contributed by atoms with Gasteiger partial charge in [-0.1, -0.05) is 45.7 Å². The summed E-state index contributed by atoms with van der Waals surface area (Å²) in [6.45, 7) is 6.41. The molecule has 1 aromatic heterocycles. The number of amides is 2. The van der Waals surface area contributed by atoms with E-state index < -0.39 is 21.9 Å². The minimum atomic E-state index is -4.15. The third-order valence-corrected chi connectivity index (χ3v) is 7.36. The van der Waals surface area contributed by atoms with Crippen LogP contribution < -0.4 is 10.0 Å². The highest BCUT2D eigenvalue weighted by molar-refractivity contribution is 7.90. The summed E-state index contributed by atoms with van der Waals surface area (Å²) >= 11 is 0. The van der Waals surface area contributed by atoms with Crippen LogP contribution in [0.25, 0.3) is 0 Å². The molecule has 0 spiro atoms. The van der Waals surface area contributed by atoms with Crippen LogP contribution in [0.15, 0.2) is 41.4 Å². The third kappa shape index (κ3) is 8.15. The fourth-order valence-electron chi connectivity index (χ4n) is 3.79. The van der Waals surface area contributed by atoms with E-state index >= 15 is 0 Å². The second-order valence-electron chi connectivity index (χ2n) is 8.63. The predicted octanol–water partition coefficient (Wildman–Crippen LogP) is 3.73. The Balaban J connectivity index is 2.05. The standard InChI is InChI=1S/C26H35N3O6S/c1-4-7-8-9-20-16-21(17-28-23(20)26(32)33)25(31)29-36(34,35)22-12-10-18(11-13-22)14-15-27-24(30)19(5-2)6-3/h10-13,16-17,19H,4-9,14-15H2,1-3H3,(H,27,30)(H,29,31)(H,32,33). The fourth-order valence-corrected chi connectivity index (χ4v) is 4.77. The van der Waals surface area contributed by atoms with Crippen LogP contribution in [0.5, 0.6) is 0 Å². The van der Waals surface area contributed by atoms with E-state index in [4.69, 9.17) is 0 Å². The number of carboxylic acid groups (broad SMARTS) is 1. The van der Waals surface area contributed by atoms with Crippen molar-refractivity contribution in [3.05, 3.63) is 58.9 Å². The number of nitrogens with zero attached hydrogens (tertiary/aromatic N) is 1. The minimum Gasteiger partial charge on any atom is -0.477 e. The number of pyridine rings is 1. The van der Waals surface area contributed by atoms with E-state index in [0.717, 1.165) is 43.9 Å². The molecule has 0 radical (unpaired) electrons. The molecule has 0 atom stereocenters. The van der Waals surface area contributed by atoms with Crippen LogP contribution in [0, 0.1) is 5.92 Å².